The number of benzene rings is 2. The number of carbonyl (C=O) groups excluding carboxylic acids is 1. The number of para-hydroxylation sites is 1. The Morgan fingerprint density at radius 1 is 0.905 bits per heavy atom. The third kappa shape index (κ3) is 2.06. The number of Topliss-reactive ketones (excluding diaryl/α,β-unsaturated/α-hetero) is 1. The van der Waals surface area contributed by atoms with Crippen molar-refractivity contribution in [1.29, 1.82) is 0 Å². The van der Waals surface area contributed by atoms with Crippen LogP contribution in [0.5, 0.6) is 0 Å². The monoisotopic (exact) mass is 277 g/mol. The molecule has 2 aliphatic rings. The molecule has 2 heterocycles. The molecular weight excluding hydrogens is 258 g/mol. The van der Waals surface area contributed by atoms with Crippen molar-refractivity contribution in [2.45, 2.75) is 37.8 Å². The van der Waals surface area contributed by atoms with E-state index in [2.05, 4.69) is 41.3 Å². The number of rotatable bonds is 1. The number of ketones is 1. The van der Waals surface area contributed by atoms with Crippen LogP contribution in [0.25, 0.3) is 0 Å². The first-order valence-electron chi connectivity index (χ1n) is 7.80. The summed E-state index contributed by atoms with van der Waals surface area (Å²) < 4.78 is 0. The number of hydrogen-bond donors (Lipinski definition) is 0. The normalized spacial score (nSPS) is 24.4. The molecule has 2 atom stereocenters. The van der Waals surface area contributed by atoms with Crippen LogP contribution in [0.15, 0.2) is 54.6 Å². The van der Waals surface area contributed by atoms with Gasteiger partial charge in [0.25, 0.3) is 0 Å². The number of anilines is 1. The predicted molar refractivity (Wildman–Crippen MR) is 84.7 cm³/mol. The van der Waals surface area contributed by atoms with Gasteiger partial charge in [-0.25, -0.2) is 0 Å². The van der Waals surface area contributed by atoms with Crippen LogP contribution in [-0.4, -0.2) is 11.8 Å². The summed E-state index contributed by atoms with van der Waals surface area (Å²) in [5.74, 6) is 0.306. The Hall–Kier alpha value is -2.09. The maximum absolute atomic E-state index is 12.4. The summed E-state index contributed by atoms with van der Waals surface area (Å²) in [6, 6.07) is 19.6. The van der Waals surface area contributed by atoms with Crippen molar-refractivity contribution in [2.24, 2.45) is 0 Å². The van der Waals surface area contributed by atoms with Crippen molar-refractivity contribution >= 4 is 11.5 Å². The molecule has 2 aromatic carbocycles. The van der Waals surface area contributed by atoms with Gasteiger partial charge in [0.15, 0.2) is 5.78 Å². The van der Waals surface area contributed by atoms with E-state index in [0.29, 0.717) is 24.3 Å². The van der Waals surface area contributed by atoms with E-state index in [9.17, 15) is 4.79 Å². The highest BCUT2D eigenvalue weighted by molar-refractivity contribution is 6.03. The van der Waals surface area contributed by atoms with Crippen molar-refractivity contribution in [3.8, 4) is 0 Å². The maximum atomic E-state index is 12.4. The Kier molecular flexibility index (Phi) is 3.03. The van der Waals surface area contributed by atoms with Gasteiger partial charge in [-0.3, -0.25) is 4.79 Å². The summed E-state index contributed by atoms with van der Waals surface area (Å²) >= 11 is 0. The van der Waals surface area contributed by atoms with Crippen molar-refractivity contribution in [3.63, 3.8) is 0 Å². The van der Waals surface area contributed by atoms with Crippen LogP contribution in [0, 0.1) is 0 Å². The fourth-order valence-electron chi connectivity index (χ4n) is 3.91. The number of carbonyl (C=O) groups is 1. The molecule has 1 fully saturated rings. The van der Waals surface area contributed by atoms with Gasteiger partial charge in [0.1, 0.15) is 0 Å². The summed E-state index contributed by atoms with van der Waals surface area (Å²) in [6.45, 7) is 0. The smallest absolute Gasteiger partial charge is 0.167 e. The molecule has 0 aromatic heterocycles. The predicted octanol–water partition coefficient (Wildman–Crippen LogP) is 4.37. The summed E-state index contributed by atoms with van der Waals surface area (Å²) in [5, 5.41) is 0. The fraction of sp³-hybridized carbons (Fsp3) is 0.316. The minimum atomic E-state index is 0.306. The third-order valence-corrected chi connectivity index (χ3v) is 4.83. The van der Waals surface area contributed by atoms with E-state index in [1.165, 1.54) is 18.4 Å². The number of hydrogen-bond acceptors (Lipinski definition) is 2. The standard InChI is InChI=1S/C19H19NO/c21-19-13-15-9-6-12-17(14-7-2-1-3-8-14)20(15)18-11-5-4-10-16(18)19/h1-5,7-8,10-11,15,17H,6,9,12-13H2/t15-,17+/m1/s1. The van der Waals surface area contributed by atoms with E-state index in [4.69, 9.17) is 0 Å². The van der Waals surface area contributed by atoms with E-state index in [0.717, 1.165) is 17.7 Å². The van der Waals surface area contributed by atoms with Crippen LogP contribution in [0.4, 0.5) is 5.69 Å². The van der Waals surface area contributed by atoms with Crippen molar-refractivity contribution in [1.82, 2.24) is 0 Å². The highest BCUT2D eigenvalue weighted by atomic mass is 16.1. The highest BCUT2D eigenvalue weighted by Crippen LogP contribution is 2.43. The molecule has 1 saturated heterocycles. The van der Waals surface area contributed by atoms with Crippen LogP contribution in [0.1, 0.15) is 47.6 Å². The third-order valence-electron chi connectivity index (χ3n) is 4.83. The Morgan fingerprint density at radius 2 is 1.67 bits per heavy atom. The van der Waals surface area contributed by atoms with Gasteiger partial charge in [-0.1, -0.05) is 42.5 Å². The lowest BCUT2D eigenvalue weighted by molar-refractivity contribution is 0.0957. The van der Waals surface area contributed by atoms with Crippen LogP contribution >= 0.6 is 0 Å². The lowest BCUT2D eigenvalue weighted by Gasteiger charge is -2.47. The fourth-order valence-corrected chi connectivity index (χ4v) is 3.91. The number of piperidine rings is 1. The number of fused-ring (bicyclic) bond motifs is 3. The molecule has 0 unspecified atom stereocenters. The largest absolute Gasteiger partial charge is 0.360 e. The summed E-state index contributed by atoms with van der Waals surface area (Å²) in [7, 11) is 0. The first-order chi connectivity index (χ1) is 10.3. The van der Waals surface area contributed by atoms with E-state index in [1.54, 1.807) is 0 Å². The van der Waals surface area contributed by atoms with Crippen molar-refractivity contribution < 1.29 is 4.79 Å². The van der Waals surface area contributed by atoms with Gasteiger partial charge in [0, 0.05) is 23.7 Å². The molecule has 0 spiro atoms. The molecule has 0 aliphatic carbocycles. The van der Waals surface area contributed by atoms with E-state index >= 15 is 0 Å². The molecule has 2 aliphatic heterocycles. The molecule has 106 valence electrons. The second-order valence-corrected chi connectivity index (χ2v) is 6.06. The second kappa shape index (κ2) is 5.03. The molecule has 2 aromatic rings. The molecule has 0 amide bonds. The van der Waals surface area contributed by atoms with Gasteiger partial charge in [-0.05, 0) is 37.0 Å². The van der Waals surface area contributed by atoms with Gasteiger partial charge in [0.05, 0.1) is 6.04 Å². The first-order valence-corrected chi connectivity index (χ1v) is 7.80. The number of nitrogens with zero attached hydrogens (tertiary/aromatic N) is 1. The molecule has 2 nitrogen and oxygen atoms in total. The molecule has 0 N–H and O–H groups in total. The minimum absolute atomic E-state index is 0.306. The van der Waals surface area contributed by atoms with E-state index in [-0.39, 0.29) is 0 Å². The Balaban J connectivity index is 1.82. The van der Waals surface area contributed by atoms with Gasteiger partial charge >= 0.3 is 0 Å². The molecule has 2 heteroatoms. The maximum Gasteiger partial charge on any atom is 0.167 e. The second-order valence-electron chi connectivity index (χ2n) is 6.06. The molecule has 0 saturated carbocycles. The molecule has 21 heavy (non-hydrogen) atoms. The summed E-state index contributed by atoms with van der Waals surface area (Å²) in [5.41, 5.74) is 3.40. The zero-order chi connectivity index (χ0) is 14.2. The van der Waals surface area contributed by atoms with Crippen molar-refractivity contribution in [3.05, 3.63) is 65.7 Å². The SMILES string of the molecule is O=C1C[C@H]2CCC[C@@H](c3ccccc3)N2c2ccccc21. The Labute approximate surface area is 125 Å². The Bertz CT molecular complexity index is 664. The topological polar surface area (TPSA) is 20.3 Å². The average molecular weight is 277 g/mol. The minimum Gasteiger partial charge on any atom is -0.360 e. The lowest BCUT2D eigenvalue weighted by atomic mass is 9.83. The van der Waals surface area contributed by atoms with Crippen LogP contribution in [0.2, 0.25) is 0 Å². The lowest BCUT2D eigenvalue weighted by Crippen LogP contribution is -2.46. The molecular formula is C19H19NO. The average Bonchev–Trinajstić information content (AvgIpc) is 2.55. The zero-order valence-electron chi connectivity index (χ0n) is 12.0. The molecule has 4 rings (SSSR count). The van der Waals surface area contributed by atoms with Gasteiger partial charge in [0.2, 0.25) is 0 Å². The zero-order valence-corrected chi connectivity index (χ0v) is 12.0. The van der Waals surface area contributed by atoms with E-state index in [1.807, 2.05) is 18.2 Å². The molecule has 0 radical (unpaired) electrons. The quantitative estimate of drug-likeness (QED) is 0.771. The molecule has 0 bridgehead atoms. The van der Waals surface area contributed by atoms with E-state index < -0.39 is 0 Å². The van der Waals surface area contributed by atoms with Gasteiger partial charge in [-0.15, -0.1) is 0 Å². The van der Waals surface area contributed by atoms with Crippen LogP contribution in [-0.2, 0) is 0 Å². The van der Waals surface area contributed by atoms with Crippen LogP contribution in [0.3, 0.4) is 0 Å². The summed E-state index contributed by atoms with van der Waals surface area (Å²) in [6.07, 6.45) is 4.17. The van der Waals surface area contributed by atoms with Gasteiger partial charge < -0.3 is 4.90 Å². The van der Waals surface area contributed by atoms with Gasteiger partial charge in [-0.2, -0.15) is 0 Å². The van der Waals surface area contributed by atoms with Crippen LogP contribution < -0.4 is 4.90 Å². The summed E-state index contributed by atoms with van der Waals surface area (Å²) in [4.78, 5) is 14.9. The Morgan fingerprint density at radius 3 is 2.52 bits per heavy atom. The first kappa shape index (κ1) is 12.6. The highest BCUT2D eigenvalue weighted by Gasteiger charge is 2.38. The van der Waals surface area contributed by atoms with Crippen molar-refractivity contribution in [2.75, 3.05) is 4.90 Å².